The van der Waals surface area contributed by atoms with E-state index < -0.39 is 0 Å². The molecule has 13 heavy (non-hydrogen) atoms. The van der Waals surface area contributed by atoms with E-state index in [4.69, 9.17) is 4.74 Å². The summed E-state index contributed by atoms with van der Waals surface area (Å²) in [4.78, 5) is 11.7. The third-order valence-corrected chi connectivity index (χ3v) is 3.01. The largest absolute Gasteiger partial charge is 0.383 e. The zero-order chi connectivity index (χ0) is 9.31. The minimum Gasteiger partial charge on any atom is -0.383 e. The van der Waals surface area contributed by atoms with Crippen LogP contribution in [0.4, 0.5) is 0 Å². The number of carbonyl (C=O) groups excluding carboxylic acids is 1. The summed E-state index contributed by atoms with van der Waals surface area (Å²) < 4.78 is 5.04. The van der Waals surface area contributed by atoms with Gasteiger partial charge in [0.05, 0.1) is 18.1 Å². The minimum absolute atomic E-state index is 0.122. The van der Waals surface area contributed by atoms with Crippen LogP contribution in [0.1, 0.15) is 19.3 Å². The Morgan fingerprint density at radius 1 is 1.62 bits per heavy atom. The van der Waals surface area contributed by atoms with Crippen molar-refractivity contribution in [3.8, 4) is 0 Å². The lowest BCUT2D eigenvalue weighted by Crippen LogP contribution is -2.31. The second-order valence-corrected chi connectivity index (χ2v) is 3.99. The van der Waals surface area contributed by atoms with Crippen LogP contribution in [0.3, 0.4) is 0 Å². The fourth-order valence-electron chi connectivity index (χ4n) is 2.31. The van der Waals surface area contributed by atoms with Gasteiger partial charge < -0.3 is 10.1 Å². The van der Waals surface area contributed by atoms with Gasteiger partial charge >= 0.3 is 0 Å². The van der Waals surface area contributed by atoms with Gasteiger partial charge in [-0.05, 0) is 19.3 Å². The van der Waals surface area contributed by atoms with E-state index in [1.54, 1.807) is 7.11 Å². The molecule has 1 amide bonds. The molecule has 2 aliphatic rings. The standard InChI is InChI=1S/C10H15NO2/c1-13-7-8-6-10(9(12)11-8)4-2-3-5-10/h2-3,8H,4-7H2,1H3,(H,11,12). The fourth-order valence-corrected chi connectivity index (χ4v) is 2.31. The molecule has 1 N–H and O–H groups in total. The summed E-state index contributed by atoms with van der Waals surface area (Å²) in [6, 6.07) is 0.220. The molecular weight excluding hydrogens is 166 g/mol. The number of ether oxygens (including phenoxy) is 1. The predicted octanol–water partition coefficient (Wildman–Crippen LogP) is 0.858. The molecule has 3 heteroatoms. The Kier molecular flexibility index (Phi) is 2.12. The topological polar surface area (TPSA) is 38.3 Å². The van der Waals surface area contributed by atoms with Crippen molar-refractivity contribution in [1.29, 1.82) is 0 Å². The Morgan fingerprint density at radius 3 is 2.92 bits per heavy atom. The van der Waals surface area contributed by atoms with E-state index in [9.17, 15) is 4.79 Å². The first-order valence-corrected chi connectivity index (χ1v) is 4.72. The van der Waals surface area contributed by atoms with Crippen LogP contribution >= 0.6 is 0 Å². The van der Waals surface area contributed by atoms with E-state index in [1.807, 2.05) is 0 Å². The Bertz CT molecular complexity index is 239. The number of hydrogen-bond donors (Lipinski definition) is 1. The molecule has 1 aliphatic heterocycles. The van der Waals surface area contributed by atoms with Gasteiger partial charge in [-0.2, -0.15) is 0 Å². The number of allylic oxidation sites excluding steroid dienone is 2. The van der Waals surface area contributed by atoms with Crippen LogP contribution in [0.15, 0.2) is 12.2 Å². The quantitative estimate of drug-likeness (QED) is 0.641. The highest BCUT2D eigenvalue weighted by Crippen LogP contribution is 2.41. The van der Waals surface area contributed by atoms with Crippen LogP contribution < -0.4 is 5.32 Å². The highest BCUT2D eigenvalue weighted by molar-refractivity contribution is 5.86. The average molecular weight is 181 g/mol. The Morgan fingerprint density at radius 2 is 2.31 bits per heavy atom. The highest BCUT2D eigenvalue weighted by atomic mass is 16.5. The summed E-state index contributed by atoms with van der Waals surface area (Å²) in [6.45, 7) is 0.632. The van der Waals surface area contributed by atoms with Crippen molar-refractivity contribution in [3.05, 3.63) is 12.2 Å². The van der Waals surface area contributed by atoms with E-state index in [0.717, 1.165) is 19.3 Å². The molecular formula is C10H15NO2. The van der Waals surface area contributed by atoms with Crippen LogP contribution in [0, 0.1) is 5.41 Å². The predicted molar refractivity (Wildman–Crippen MR) is 49.2 cm³/mol. The molecule has 0 bridgehead atoms. The van der Waals surface area contributed by atoms with Gasteiger partial charge in [0.2, 0.25) is 5.91 Å². The first kappa shape index (κ1) is 8.75. The maximum atomic E-state index is 11.7. The maximum absolute atomic E-state index is 11.7. The Labute approximate surface area is 78.1 Å². The van der Waals surface area contributed by atoms with Crippen LogP contribution in [-0.2, 0) is 9.53 Å². The van der Waals surface area contributed by atoms with E-state index in [1.165, 1.54) is 0 Å². The molecule has 0 aromatic carbocycles. The number of hydrogen-bond acceptors (Lipinski definition) is 2. The summed E-state index contributed by atoms with van der Waals surface area (Å²) in [6.07, 6.45) is 6.94. The molecule has 1 heterocycles. The summed E-state index contributed by atoms with van der Waals surface area (Å²) in [5.74, 6) is 0.208. The maximum Gasteiger partial charge on any atom is 0.227 e. The van der Waals surface area contributed by atoms with Crippen molar-refractivity contribution in [1.82, 2.24) is 5.32 Å². The lowest BCUT2D eigenvalue weighted by atomic mass is 9.82. The molecule has 1 spiro atoms. The van der Waals surface area contributed by atoms with Gasteiger partial charge in [0.1, 0.15) is 0 Å². The Balaban J connectivity index is 2.03. The third-order valence-electron chi connectivity index (χ3n) is 3.01. The van der Waals surface area contributed by atoms with Crippen molar-refractivity contribution >= 4 is 5.91 Å². The van der Waals surface area contributed by atoms with E-state index in [-0.39, 0.29) is 17.4 Å². The van der Waals surface area contributed by atoms with Gasteiger partial charge in [-0.1, -0.05) is 12.2 Å². The molecule has 72 valence electrons. The van der Waals surface area contributed by atoms with Gasteiger partial charge in [0, 0.05) is 7.11 Å². The molecule has 3 nitrogen and oxygen atoms in total. The molecule has 0 aromatic heterocycles. The first-order valence-electron chi connectivity index (χ1n) is 4.72. The van der Waals surface area contributed by atoms with Crippen molar-refractivity contribution < 1.29 is 9.53 Å². The number of rotatable bonds is 2. The third kappa shape index (κ3) is 1.37. The van der Waals surface area contributed by atoms with E-state index in [2.05, 4.69) is 17.5 Å². The number of amides is 1. The molecule has 1 aliphatic carbocycles. The summed E-state index contributed by atoms with van der Waals surface area (Å²) in [5.41, 5.74) is -0.122. The molecule has 0 radical (unpaired) electrons. The highest BCUT2D eigenvalue weighted by Gasteiger charge is 2.46. The zero-order valence-electron chi connectivity index (χ0n) is 7.88. The van der Waals surface area contributed by atoms with Gasteiger partial charge in [-0.15, -0.1) is 0 Å². The summed E-state index contributed by atoms with van der Waals surface area (Å²) in [7, 11) is 1.67. The van der Waals surface area contributed by atoms with Crippen LogP contribution in [-0.4, -0.2) is 25.7 Å². The van der Waals surface area contributed by atoms with Crippen molar-refractivity contribution in [2.75, 3.05) is 13.7 Å². The van der Waals surface area contributed by atoms with Crippen LogP contribution in [0.5, 0.6) is 0 Å². The summed E-state index contributed by atoms with van der Waals surface area (Å²) in [5, 5.41) is 2.98. The molecule has 1 atom stereocenters. The van der Waals surface area contributed by atoms with E-state index in [0.29, 0.717) is 6.61 Å². The van der Waals surface area contributed by atoms with Crippen molar-refractivity contribution in [2.45, 2.75) is 25.3 Å². The fraction of sp³-hybridized carbons (Fsp3) is 0.700. The molecule has 1 unspecified atom stereocenters. The second kappa shape index (κ2) is 3.14. The number of carbonyl (C=O) groups is 1. The molecule has 0 aromatic rings. The number of nitrogens with one attached hydrogen (secondary N) is 1. The van der Waals surface area contributed by atoms with Gasteiger partial charge in [0.15, 0.2) is 0 Å². The normalized spacial score (nSPS) is 29.9. The lowest BCUT2D eigenvalue weighted by Gasteiger charge is -2.18. The van der Waals surface area contributed by atoms with Gasteiger partial charge in [-0.3, -0.25) is 4.79 Å². The van der Waals surface area contributed by atoms with Gasteiger partial charge in [0.25, 0.3) is 0 Å². The smallest absolute Gasteiger partial charge is 0.227 e. The minimum atomic E-state index is -0.122. The average Bonchev–Trinajstić information content (AvgIpc) is 2.64. The Hall–Kier alpha value is -0.830. The lowest BCUT2D eigenvalue weighted by molar-refractivity contribution is -0.127. The molecule has 2 rings (SSSR count). The van der Waals surface area contributed by atoms with Crippen molar-refractivity contribution in [2.24, 2.45) is 5.41 Å². The van der Waals surface area contributed by atoms with Crippen LogP contribution in [0.25, 0.3) is 0 Å². The molecule has 1 fully saturated rings. The monoisotopic (exact) mass is 181 g/mol. The SMILES string of the molecule is COCC1CC2(CC=CC2)C(=O)N1. The second-order valence-electron chi connectivity index (χ2n) is 3.99. The van der Waals surface area contributed by atoms with E-state index >= 15 is 0 Å². The molecule has 0 saturated carbocycles. The summed E-state index contributed by atoms with van der Waals surface area (Å²) >= 11 is 0. The van der Waals surface area contributed by atoms with Crippen molar-refractivity contribution in [3.63, 3.8) is 0 Å². The van der Waals surface area contributed by atoms with Crippen LogP contribution in [0.2, 0.25) is 0 Å². The first-order chi connectivity index (χ1) is 6.27. The zero-order valence-corrected chi connectivity index (χ0v) is 7.88. The molecule has 1 saturated heterocycles. The van der Waals surface area contributed by atoms with Gasteiger partial charge in [-0.25, -0.2) is 0 Å². The number of methoxy groups -OCH3 is 1.